The summed E-state index contributed by atoms with van der Waals surface area (Å²) in [6.07, 6.45) is 0.0228. The molecule has 6 heteroatoms. The minimum absolute atomic E-state index is 0.0222. The molecule has 1 aromatic carbocycles. The Morgan fingerprint density at radius 3 is 2.19 bits per heavy atom. The second-order valence-electron chi connectivity index (χ2n) is 6.56. The molecule has 0 saturated carbocycles. The number of carboxylic acid groups (broad SMARTS) is 1. The first-order valence-electron chi connectivity index (χ1n) is 6.93. The van der Waals surface area contributed by atoms with E-state index in [2.05, 4.69) is 20.8 Å². The van der Waals surface area contributed by atoms with Gasteiger partial charge in [-0.3, -0.25) is 4.79 Å². The summed E-state index contributed by atoms with van der Waals surface area (Å²) in [5.74, 6) is -0.960. The van der Waals surface area contributed by atoms with Gasteiger partial charge in [0.05, 0.1) is 11.3 Å². The smallest absolute Gasteiger partial charge is 0.303 e. The van der Waals surface area contributed by atoms with Crippen molar-refractivity contribution in [1.82, 2.24) is 4.31 Å². The Labute approximate surface area is 125 Å². The van der Waals surface area contributed by atoms with Gasteiger partial charge >= 0.3 is 5.97 Å². The van der Waals surface area contributed by atoms with Crippen molar-refractivity contribution in [2.24, 2.45) is 5.92 Å². The van der Waals surface area contributed by atoms with E-state index in [1.54, 1.807) is 12.1 Å². The molecule has 2 rings (SSSR count). The molecule has 5 nitrogen and oxygen atoms in total. The maximum Gasteiger partial charge on any atom is 0.303 e. The first-order valence-corrected chi connectivity index (χ1v) is 8.37. The van der Waals surface area contributed by atoms with Crippen LogP contribution in [0.1, 0.15) is 32.8 Å². The van der Waals surface area contributed by atoms with Crippen molar-refractivity contribution >= 4 is 16.0 Å². The minimum Gasteiger partial charge on any atom is -0.481 e. The number of sulfonamides is 1. The molecule has 1 aliphatic heterocycles. The topological polar surface area (TPSA) is 74.7 Å². The summed E-state index contributed by atoms with van der Waals surface area (Å²) in [6, 6.07) is 6.92. The second-order valence-corrected chi connectivity index (χ2v) is 8.50. The van der Waals surface area contributed by atoms with Crippen LogP contribution in [0.2, 0.25) is 0 Å². The molecule has 21 heavy (non-hydrogen) atoms. The van der Waals surface area contributed by atoms with E-state index in [9.17, 15) is 13.2 Å². The molecule has 1 aliphatic rings. The van der Waals surface area contributed by atoms with E-state index in [0.29, 0.717) is 0 Å². The van der Waals surface area contributed by atoms with Crippen LogP contribution in [0.4, 0.5) is 0 Å². The first kappa shape index (κ1) is 16.0. The van der Waals surface area contributed by atoms with Gasteiger partial charge in [0, 0.05) is 13.1 Å². The zero-order valence-corrected chi connectivity index (χ0v) is 13.4. The average Bonchev–Trinajstić information content (AvgIpc) is 2.32. The molecule has 0 atom stereocenters. The molecule has 1 aromatic rings. The highest BCUT2D eigenvalue weighted by molar-refractivity contribution is 7.89. The lowest BCUT2D eigenvalue weighted by atomic mass is 9.87. The van der Waals surface area contributed by atoms with Crippen LogP contribution in [-0.4, -0.2) is 36.9 Å². The lowest BCUT2D eigenvalue weighted by Gasteiger charge is -2.37. The number of nitrogens with zero attached hydrogens (tertiary/aromatic N) is 1. The molecule has 1 fully saturated rings. The molecule has 116 valence electrons. The third kappa shape index (κ3) is 3.44. The van der Waals surface area contributed by atoms with Crippen LogP contribution >= 0.6 is 0 Å². The van der Waals surface area contributed by atoms with Crippen LogP contribution in [0.15, 0.2) is 29.2 Å². The van der Waals surface area contributed by atoms with Gasteiger partial charge in [-0.25, -0.2) is 8.42 Å². The Hall–Kier alpha value is -1.40. The highest BCUT2D eigenvalue weighted by Crippen LogP contribution is 2.29. The van der Waals surface area contributed by atoms with Crippen LogP contribution in [0.5, 0.6) is 0 Å². The number of hydrogen-bond donors (Lipinski definition) is 1. The number of hydrogen-bond acceptors (Lipinski definition) is 3. The molecule has 0 radical (unpaired) electrons. The Kier molecular flexibility index (Phi) is 4.13. The Morgan fingerprint density at radius 1 is 1.24 bits per heavy atom. The zero-order valence-electron chi connectivity index (χ0n) is 12.5. The SMILES string of the molecule is CC(C)(C)c1ccc(S(=O)(=O)N2CC(CC(=O)O)C2)cc1. The highest BCUT2D eigenvalue weighted by Gasteiger charge is 2.37. The van der Waals surface area contributed by atoms with E-state index < -0.39 is 16.0 Å². The summed E-state index contributed by atoms with van der Waals surface area (Å²) in [4.78, 5) is 10.9. The van der Waals surface area contributed by atoms with Gasteiger partial charge in [0.2, 0.25) is 10.0 Å². The van der Waals surface area contributed by atoms with Crippen LogP contribution < -0.4 is 0 Å². The standard InChI is InChI=1S/C15H21NO4S/c1-15(2,3)12-4-6-13(7-5-12)21(19,20)16-9-11(10-16)8-14(17)18/h4-7,11H,8-10H2,1-3H3,(H,17,18). The third-order valence-electron chi connectivity index (χ3n) is 3.75. The maximum absolute atomic E-state index is 12.4. The average molecular weight is 311 g/mol. The zero-order chi connectivity index (χ0) is 15.8. The van der Waals surface area contributed by atoms with E-state index >= 15 is 0 Å². The number of aliphatic carboxylic acids is 1. The molecular formula is C15H21NO4S. The van der Waals surface area contributed by atoms with Gasteiger partial charge in [0.15, 0.2) is 0 Å². The summed E-state index contributed by atoms with van der Waals surface area (Å²) in [6.45, 7) is 6.79. The lowest BCUT2D eigenvalue weighted by molar-refractivity contribution is -0.139. The Morgan fingerprint density at radius 2 is 1.76 bits per heavy atom. The third-order valence-corrected chi connectivity index (χ3v) is 5.59. The summed E-state index contributed by atoms with van der Waals surface area (Å²) in [5.41, 5.74) is 1.06. The number of carboxylic acids is 1. The molecule has 0 spiro atoms. The van der Waals surface area contributed by atoms with Crippen molar-refractivity contribution in [3.05, 3.63) is 29.8 Å². The van der Waals surface area contributed by atoms with E-state index in [1.165, 1.54) is 4.31 Å². The lowest BCUT2D eigenvalue weighted by Crippen LogP contribution is -2.50. The van der Waals surface area contributed by atoms with Crippen molar-refractivity contribution in [2.45, 2.75) is 37.5 Å². The molecule has 1 N–H and O–H groups in total. The fourth-order valence-corrected chi connectivity index (χ4v) is 3.96. The maximum atomic E-state index is 12.4. The van der Waals surface area contributed by atoms with Gasteiger partial charge in [0.25, 0.3) is 0 Å². The minimum atomic E-state index is -3.49. The van der Waals surface area contributed by atoms with Gasteiger partial charge in [-0.2, -0.15) is 4.31 Å². The Balaban J connectivity index is 2.09. The van der Waals surface area contributed by atoms with Crippen molar-refractivity contribution < 1.29 is 18.3 Å². The van der Waals surface area contributed by atoms with Gasteiger partial charge in [-0.15, -0.1) is 0 Å². The van der Waals surface area contributed by atoms with Crippen molar-refractivity contribution in [1.29, 1.82) is 0 Å². The molecule has 0 aromatic heterocycles. The van der Waals surface area contributed by atoms with Gasteiger partial charge in [0.1, 0.15) is 0 Å². The van der Waals surface area contributed by atoms with Gasteiger partial charge in [-0.1, -0.05) is 32.9 Å². The van der Waals surface area contributed by atoms with E-state index in [0.717, 1.165) is 5.56 Å². The molecule has 0 aliphatic carbocycles. The fourth-order valence-electron chi connectivity index (χ4n) is 2.37. The van der Waals surface area contributed by atoms with E-state index in [1.807, 2.05) is 12.1 Å². The van der Waals surface area contributed by atoms with Crippen LogP contribution in [0.25, 0.3) is 0 Å². The van der Waals surface area contributed by atoms with Crippen molar-refractivity contribution in [2.75, 3.05) is 13.1 Å². The summed E-state index contributed by atoms with van der Waals surface area (Å²) >= 11 is 0. The first-order chi connectivity index (χ1) is 9.60. The van der Waals surface area contributed by atoms with E-state index in [-0.39, 0.29) is 35.7 Å². The van der Waals surface area contributed by atoms with E-state index in [4.69, 9.17) is 5.11 Å². The van der Waals surface area contributed by atoms with Crippen LogP contribution in [-0.2, 0) is 20.2 Å². The Bertz CT molecular complexity index is 623. The number of carbonyl (C=O) groups is 1. The van der Waals surface area contributed by atoms with Crippen LogP contribution in [0.3, 0.4) is 0 Å². The normalized spacial score (nSPS) is 17.5. The van der Waals surface area contributed by atoms with Gasteiger partial charge in [-0.05, 0) is 29.0 Å². The largest absolute Gasteiger partial charge is 0.481 e. The summed E-state index contributed by atoms with van der Waals surface area (Å²) in [5, 5.41) is 8.69. The highest BCUT2D eigenvalue weighted by atomic mass is 32.2. The molecule has 0 amide bonds. The fraction of sp³-hybridized carbons (Fsp3) is 0.533. The van der Waals surface area contributed by atoms with Crippen molar-refractivity contribution in [3.63, 3.8) is 0 Å². The molecule has 0 unspecified atom stereocenters. The second kappa shape index (κ2) is 5.42. The predicted molar refractivity (Wildman–Crippen MR) is 79.6 cm³/mol. The quantitative estimate of drug-likeness (QED) is 0.924. The van der Waals surface area contributed by atoms with Crippen molar-refractivity contribution in [3.8, 4) is 0 Å². The number of rotatable bonds is 4. The molecule has 1 heterocycles. The van der Waals surface area contributed by atoms with Crippen LogP contribution in [0, 0.1) is 5.92 Å². The number of benzene rings is 1. The monoisotopic (exact) mass is 311 g/mol. The summed E-state index contributed by atoms with van der Waals surface area (Å²) < 4.78 is 26.1. The van der Waals surface area contributed by atoms with Gasteiger partial charge < -0.3 is 5.11 Å². The molecule has 1 saturated heterocycles. The molecule has 0 bridgehead atoms. The summed E-state index contributed by atoms with van der Waals surface area (Å²) in [7, 11) is -3.49. The predicted octanol–water partition coefficient (Wildman–Crippen LogP) is 2.08. The molecular weight excluding hydrogens is 290 g/mol.